The molecule has 1 aromatic carbocycles. The Kier molecular flexibility index (Phi) is 4.31. The number of benzene rings is 1. The maximum absolute atomic E-state index is 13.3. The first-order valence-electron chi connectivity index (χ1n) is 8.95. The normalized spacial score (nSPS) is 22.4. The number of nitrogens with zero attached hydrogens (tertiary/aromatic N) is 2. The van der Waals surface area contributed by atoms with Gasteiger partial charge in [-0.25, -0.2) is 0 Å². The van der Waals surface area contributed by atoms with Crippen LogP contribution in [0.15, 0.2) is 30.4 Å². The summed E-state index contributed by atoms with van der Waals surface area (Å²) in [7, 11) is 1.01. The summed E-state index contributed by atoms with van der Waals surface area (Å²) in [5.74, 6) is -0.891. The van der Waals surface area contributed by atoms with Gasteiger partial charge in [-0.05, 0) is 25.6 Å². The van der Waals surface area contributed by atoms with E-state index >= 15 is 0 Å². The van der Waals surface area contributed by atoms with E-state index in [2.05, 4.69) is 0 Å². The fraction of sp³-hybridized carbons (Fsp3) is 0.278. The lowest BCUT2D eigenvalue weighted by Crippen LogP contribution is -2.22. The first-order valence-corrected chi connectivity index (χ1v) is 9.18. The molecule has 2 aliphatic rings. The van der Waals surface area contributed by atoms with Gasteiger partial charge < -0.3 is 19.1 Å². The summed E-state index contributed by atoms with van der Waals surface area (Å²) in [6.45, 7) is 0.164. The first kappa shape index (κ1) is 18.5. The van der Waals surface area contributed by atoms with Crippen LogP contribution in [0.4, 0.5) is 13.2 Å². The summed E-state index contributed by atoms with van der Waals surface area (Å²) in [6.07, 6.45) is -1.79. The second-order valence-electron chi connectivity index (χ2n) is 6.57. The molecule has 2 N–H and O–H groups in total. The van der Waals surface area contributed by atoms with Crippen molar-refractivity contribution in [1.29, 1.82) is 6.60 Å². The van der Waals surface area contributed by atoms with Crippen LogP contribution in [-0.2, 0) is 20.7 Å². The molecule has 11 heteroatoms. The van der Waals surface area contributed by atoms with Gasteiger partial charge in [0, 0.05) is 6.42 Å². The highest BCUT2D eigenvalue weighted by molar-refractivity contribution is 8.15. The van der Waals surface area contributed by atoms with Crippen LogP contribution in [0.3, 0.4) is 0 Å². The summed E-state index contributed by atoms with van der Waals surface area (Å²) in [5.41, 5.74) is -2.45. The van der Waals surface area contributed by atoms with Gasteiger partial charge >= 0.3 is 6.18 Å². The molecule has 1 radical (unpaired) electrons. The SMILES string of the molecule is [3H][B]SOCCC12C=CC(O1)c1c2c(O)n(-c2ccc(C#N)c(C(F)(F)F)c2)c1O. The van der Waals surface area contributed by atoms with Gasteiger partial charge in [-0.2, -0.15) is 18.4 Å². The molecule has 0 fully saturated rings. The molecule has 0 aliphatic carbocycles. The fourth-order valence-electron chi connectivity index (χ4n) is 3.85. The highest BCUT2D eigenvalue weighted by Crippen LogP contribution is 2.59. The smallest absolute Gasteiger partial charge is 0.417 e. The van der Waals surface area contributed by atoms with Crippen molar-refractivity contribution in [1.82, 2.24) is 4.57 Å². The van der Waals surface area contributed by atoms with Crippen molar-refractivity contribution in [3.63, 3.8) is 0 Å². The molecule has 0 spiro atoms. The average molecular weight is 423 g/mol. The van der Waals surface area contributed by atoms with Gasteiger partial charge in [0.15, 0.2) is 0 Å². The van der Waals surface area contributed by atoms with E-state index in [0.717, 1.165) is 29.6 Å². The summed E-state index contributed by atoms with van der Waals surface area (Å²) >= 11 is 0.824. The number of hydrogen-bond acceptors (Lipinski definition) is 6. The number of halogens is 3. The number of rotatable bonds is 6. The molecule has 0 saturated carbocycles. The molecule has 3 heterocycles. The average Bonchev–Trinajstić information content (AvgIpc) is 3.34. The number of nitriles is 1. The Morgan fingerprint density at radius 3 is 2.90 bits per heavy atom. The predicted molar refractivity (Wildman–Crippen MR) is 98.8 cm³/mol. The third-order valence-electron chi connectivity index (χ3n) is 5.05. The lowest BCUT2D eigenvalue weighted by atomic mass is 9.87. The fourth-order valence-corrected chi connectivity index (χ4v) is 4.03. The molecule has 2 unspecified atom stereocenters. The summed E-state index contributed by atoms with van der Waals surface area (Å²) in [4.78, 5) is 0. The van der Waals surface area contributed by atoms with Crippen LogP contribution >= 0.6 is 11.9 Å². The van der Waals surface area contributed by atoms with Crippen LogP contribution < -0.4 is 0 Å². The quantitative estimate of drug-likeness (QED) is 0.320. The lowest BCUT2D eigenvalue weighted by molar-refractivity contribution is -0.137. The second kappa shape index (κ2) is 6.76. The van der Waals surface area contributed by atoms with E-state index < -0.39 is 40.8 Å². The Morgan fingerprint density at radius 1 is 1.41 bits per heavy atom. The van der Waals surface area contributed by atoms with Crippen LogP contribution in [0.1, 0.15) is 34.8 Å². The third-order valence-corrected chi connectivity index (χ3v) is 5.36. The van der Waals surface area contributed by atoms with E-state index in [0.29, 0.717) is 6.07 Å². The Labute approximate surface area is 170 Å². The van der Waals surface area contributed by atoms with Crippen LogP contribution in [-0.4, -0.2) is 29.8 Å². The van der Waals surface area contributed by atoms with Gasteiger partial charge in [-0.15, -0.1) is 0 Å². The molecule has 29 heavy (non-hydrogen) atoms. The van der Waals surface area contributed by atoms with Gasteiger partial charge in [-0.1, -0.05) is 18.0 Å². The zero-order chi connectivity index (χ0) is 21.7. The van der Waals surface area contributed by atoms with E-state index in [1.54, 1.807) is 12.2 Å². The molecule has 1 aromatic heterocycles. The molecule has 0 saturated heterocycles. The zero-order valence-corrected chi connectivity index (χ0v) is 15.4. The van der Waals surface area contributed by atoms with Crippen molar-refractivity contribution in [2.45, 2.75) is 24.3 Å². The van der Waals surface area contributed by atoms with Crippen molar-refractivity contribution in [3.8, 4) is 23.5 Å². The van der Waals surface area contributed by atoms with Crippen LogP contribution in [0.5, 0.6) is 11.8 Å². The minimum absolute atomic E-state index is 0.143. The number of hydrogen-bond donors (Lipinski definition) is 2. The standard InChI is InChI=1S/C18H13BF3N2O4S/c19-29-27-6-5-17-4-3-12(28-17)13-14(17)16(26)24(15(13)25)10-2-1-9(8-23)11(7-10)18(20,21)22/h1-4,7,12,19,25-26H,5-6H2/i19T. The minimum atomic E-state index is -4.78. The van der Waals surface area contributed by atoms with Gasteiger partial charge in [0.25, 0.3) is 0 Å². The van der Waals surface area contributed by atoms with Crippen LogP contribution in [0.2, 0.25) is 0 Å². The summed E-state index contributed by atoms with van der Waals surface area (Å²) < 4.78 is 59.0. The number of fused-ring (bicyclic) bond motifs is 5. The second-order valence-corrected chi connectivity index (χ2v) is 6.99. The van der Waals surface area contributed by atoms with Crippen LogP contribution in [0, 0.1) is 11.3 Å². The predicted octanol–water partition coefficient (Wildman–Crippen LogP) is 3.49. The van der Waals surface area contributed by atoms with Crippen molar-refractivity contribution in [2.24, 2.45) is 0 Å². The summed E-state index contributed by atoms with van der Waals surface area (Å²) in [6, 6.07) is 4.41. The molecule has 2 atom stereocenters. The molecule has 2 aliphatic heterocycles. The van der Waals surface area contributed by atoms with Crippen molar-refractivity contribution in [2.75, 3.05) is 6.61 Å². The Morgan fingerprint density at radius 2 is 2.21 bits per heavy atom. The van der Waals surface area contributed by atoms with Gasteiger partial charge in [0.1, 0.15) is 11.7 Å². The highest BCUT2D eigenvalue weighted by Gasteiger charge is 2.52. The van der Waals surface area contributed by atoms with Crippen molar-refractivity contribution >= 4 is 19.0 Å². The third kappa shape index (κ3) is 2.90. The molecular weight excluding hydrogens is 408 g/mol. The molecule has 2 bridgehead atoms. The van der Waals surface area contributed by atoms with Gasteiger partial charge in [-0.3, -0.25) is 4.57 Å². The zero-order valence-electron chi connectivity index (χ0n) is 15.6. The topological polar surface area (TPSA) is 87.6 Å². The molecule has 149 valence electrons. The molecule has 2 aromatic rings. The highest BCUT2D eigenvalue weighted by atomic mass is 32.2. The maximum Gasteiger partial charge on any atom is 0.417 e. The monoisotopic (exact) mass is 423 g/mol. The lowest BCUT2D eigenvalue weighted by Gasteiger charge is -2.23. The number of alkyl halides is 3. The molecule has 4 rings (SSSR count). The maximum atomic E-state index is 13.3. The Bertz CT molecular complexity index is 1080. The number of aromatic nitrogens is 1. The molecular formula is C18H13BF3N2O4S. The van der Waals surface area contributed by atoms with Crippen molar-refractivity contribution in [3.05, 3.63) is 52.6 Å². The number of aromatic hydroxyl groups is 2. The largest absolute Gasteiger partial charge is 0.494 e. The minimum Gasteiger partial charge on any atom is -0.494 e. The van der Waals surface area contributed by atoms with Gasteiger partial charge in [0.05, 0.1) is 40.6 Å². The number of ether oxygens (including phenoxy) is 1. The van der Waals surface area contributed by atoms with Crippen LogP contribution in [0.25, 0.3) is 5.69 Å². The molecule has 0 amide bonds. The first-order chi connectivity index (χ1) is 14.2. The van der Waals surface area contributed by atoms with E-state index in [-0.39, 0.29) is 29.8 Å². The van der Waals surface area contributed by atoms with E-state index in [4.69, 9.17) is 15.5 Å². The van der Waals surface area contributed by atoms with Crippen molar-refractivity contribution < 1.29 is 32.3 Å². The van der Waals surface area contributed by atoms with E-state index in [1.165, 1.54) is 12.1 Å². The molecule has 6 nitrogen and oxygen atoms in total. The Hall–Kier alpha value is -2.55. The van der Waals surface area contributed by atoms with E-state index in [9.17, 15) is 23.4 Å². The Balaban J connectivity index is 1.79. The van der Waals surface area contributed by atoms with E-state index in [1.807, 2.05) is 0 Å². The summed E-state index contributed by atoms with van der Waals surface area (Å²) in [5, 5.41) is 30.6. The van der Waals surface area contributed by atoms with Gasteiger partial charge in [0.2, 0.25) is 18.8 Å².